The molecule has 1 aliphatic heterocycles. The van der Waals surface area contributed by atoms with Gasteiger partial charge in [-0.05, 0) is 104 Å². The zero-order valence-corrected chi connectivity index (χ0v) is 21.7. The van der Waals surface area contributed by atoms with E-state index in [1.165, 1.54) is 0 Å². The molecular formula is C28H46O7. The molecule has 7 nitrogen and oxygen atoms in total. The minimum atomic E-state index is -0.748. The highest BCUT2D eigenvalue weighted by molar-refractivity contribution is 5.70. The first kappa shape index (κ1) is 26.9. The summed E-state index contributed by atoms with van der Waals surface area (Å²) in [6.45, 7) is 7.36. The van der Waals surface area contributed by atoms with Crippen molar-refractivity contribution in [1.82, 2.24) is 0 Å². The van der Waals surface area contributed by atoms with E-state index in [4.69, 9.17) is 5.11 Å². The average Bonchev–Trinajstić information content (AvgIpc) is 3.41. The zero-order valence-electron chi connectivity index (χ0n) is 21.7. The van der Waals surface area contributed by atoms with Crippen molar-refractivity contribution in [3.63, 3.8) is 0 Å². The summed E-state index contributed by atoms with van der Waals surface area (Å²) in [4.78, 5) is 21.1. The fourth-order valence-corrected chi connectivity index (χ4v) is 9.16. The predicted molar refractivity (Wildman–Crippen MR) is 130 cm³/mol. The average molecular weight is 495 g/mol. The number of hydrogen-bond acceptors (Lipinski definition) is 6. The summed E-state index contributed by atoms with van der Waals surface area (Å²) in [6.07, 6.45) is 7.54. The van der Waals surface area contributed by atoms with Gasteiger partial charge in [0.05, 0.1) is 24.9 Å². The fourth-order valence-electron chi connectivity index (χ4n) is 9.16. The molecule has 11 atom stereocenters. The maximum absolute atomic E-state index is 11.5. The van der Waals surface area contributed by atoms with E-state index >= 15 is 0 Å². The van der Waals surface area contributed by atoms with Gasteiger partial charge in [0.2, 0.25) is 0 Å². The minimum Gasteiger partial charge on any atom is -0.481 e. The lowest BCUT2D eigenvalue weighted by Gasteiger charge is -2.63. The number of esters is 1. The van der Waals surface area contributed by atoms with Crippen molar-refractivity contribution >= 4 is 11.9 Å². The zero-order chi connectivity index (χ0) is 25.5. The van der Waals surface area contributed by atoms with E-state index in [1.54, 1.807) is 0 Å². The molecule has 0 bridgehead atoms. The van der Waals surface area contributed by atoms with Gasteiger partial charge in [-0.15, -0.1) is 0 Å². The molecule has 4 saturated carbocycles. The van der Waals surface area contributed by atoms with Crippen LogP contribution in [0.15, 0.2) is 0 Å². The predicted octanol–water partition coefficient (Wildman–Crippen LogP) is 3.77. The molecule has 35 heavy (non-hydrogen) atoms. The summed E-state index contributed by atoms with van der Waals surface area (Å²) in [5.41, 5.74) is -0.143. The molecule has 1 saturated heterocycles. The minimum absolute atomic E-state index is 0.0463. The molecule has 0 aromatic carbocycles. The molecule has 1 heterocycles. The van der Waals surface area contributed by atoms with Gasteiger partial charge in [-0.2, -0.15) is 0 Å². The maximum Gasteiger partial charge on any atom is 0.305 e. The van der Waals surface area contributed by atoms with Crippen LogP contribution >= 0.6 is 0 Å². The smallest absolute Gasteiger partial charge is 0.305 e. The number of aliphatic carboxylic acids is 1. The molecule has 5 rings (SSSR count). The summed E-state index contributed by atoms with van der Waals surface area (Å²) < 4.78 is 4.51. The molecule has 0 radical (unpaired) electrons. The van der Waals surface area contributed by atoms with Gasteiger partial charge in [-0.25, -0.2) is 0 Å². The molecule has 4 N–H and O–H groups in total. The molecule has 4 aliphatic carbocycles. The molecule has 0 aromatic heterocycles. The Morgan fingerprint density at radius 2 is 1.83 bits per heavy atom. The van der Waals surface area contributed by atoms with Gasteiger partial charge in [-0.3, -0.25) is 9.59 Å². The third-order valence-corrected chi connectivity index (χ3v) is 11.1. The standard InChI is InChI=1S/C24H40O5.C4H6O2/c1-13(4-7-21(28)29)16-5-6-17-22-18(12-20(27)24(16,17)3)23(2)9-8-15(25)10-14(23)11-19(22)26;5-4-2-1-3-6-4/h13-20,22,25-27H,4-12H2,1-3H3,(H,28,29);1-3H2/t13-,14+,15-,16-,17?,18?,19-,20+,22?,23+,24-;/m1./s1. The van der Waals surface area contributed by atoms with Crippen LogP contribution in [-0.2, 0) is 14.3 Å². The highest BCUT2D eigenvalue weighted by Crippen LogP contribution is 2.68. The molecule has 5 fully saturated rings. The number of ether oxygens (including phenoxy) is 1. The number of aliphatic hydroxyl groups is 3. The normalized spacial score (nSPS) is 47.4. The van der Waals surface area contributed by atoms with E-state index in [9.17, 15) is 24.9 Å². The van der Waals surface area contributed by atoms with Crippen LogP contribution in [0.25, 0.3) is 0 Å². The Balaban J connectivity index is 0.000000421. The summed E-state index contributed by atoms with van der Waals surface area (Å²) in [5, 5.41) is 42.0. The summed E-state index contributed by atoms with van der Waals surface area (Å²) in [6, 6.07) is 0. The van der Waals surface area contributed by atoms with Crippen molar-refractivity contribution in [2.24, 2.45) is 46.3 Å². The number of fused-ring (bicyclic) bond motifs is 5. The van der Waals surface area contributed by atoms with Gasteiger partial charge in [0, 0.05) is 12.8 Å². The van der Waals surface area contributed by atoms with Gasteiger partial charge in [-0.1, -0.05) is 20.8 Å². The Morgan fingerprint density at radius 3 is 2.43 bits per heavy atom. The fraction of sp³-hybridized carbons (Fsp3) is 0.929. The van der Waals surface area contributed by atoms with Crippen LogP contribution in [0.2, 0.25) is 0 Å². The van der Waals surface area contributed by atoms with Gasteiger partial charge < -0.3 is 25.2 Å². The van der Waals surface area contributed by atoms with Crippen molar-refractivity contribution in [3.05, 3.63) is 0 Å². The first-order chi connectivity index (χ1) is 16.5. The van der Waals surface area contributed by atoms with E-state index in [0.29, 0.717) is 43.1 Å². The Bertz CT molecular complexity index is 777. The largest absolute Gasteiger partial charge is 0.481 e. The second kappa shape index (κ2) is 10.3. The lowest BCUT2D eigenvalue weighted by Crippen LogP contribution is -2.62. The van der Waals surface area contributed by atoms with Gasteiger partial charge in [0.15, 0.2) is 0 Å². The quantitative estimate of drug-likeness (QED) is 0.439. The number of aliphatic hydroxyl groups excluding tert-OH is 3. The van der Waals surface area contributed by atoms with Crippen LogP contribution < -0.4 is 0 Å². The summed E-state index contributed by atoms with van der Waals surface area (Å²) in [5.74, 6) is 0.951. The van der Waals surface area contributed by atoms with Crippen LogP contribution in [0.1, 0.15) is 91.4 Å². The second-order valence-electron chi connectivity index (χ2n) is 12.8. The number of hydrogen-bond donors (Lipinski definition) is 4. The third kappa shape index (κ3) is 4.89. The highest BCUT2D eigenvalue weighted by Gasteiger charge is 2.65. The number of carboxylic acid groups (broad SMARTS) is 1. The monoisotopic (exact) mass is 494 g/mol. The molecule has 0 aromatic rings. The molecule has 7 heteroatoms. The van der Waals surface area contributed by atoms with E-state index in [2.05, 4.69) is 25.5 Å². The van der Waals surface area contributed by atoms with Crippen molar-refractivity contribution in [2.45, 2.75) is 110 Å². The Labute approximate surface area is 209 Å². The molecular weight excluding hydrogens is 448 g/mol. The highest BCUT2D eigenvalue weighted by atomic mass is 16.5. The van der Waals surface area contributed by atoms with Crippen LogP contribution in [0.3, 0.4) is 0 Å². The van der Waals surface area contributed by atoms with E-state index in [0.717, 1.165) is 51.4 Å². The van der Waals surface area contributed by atoms with Crippen molar-refractivity contribution in [3.8, 4) is 0 Å². The van der Waals surface area contributed by atoms with Crippen molar-refractivity contribution < 1.29 is 34.8 Å². The topological polar surface area (TPSA) is 124 Å². The number of rotatable bonds is 4. The molecule has 3 unspecified atom stereocenters. The molecule has 0 spiro atoms. The lowest BCUT2D eigenvalue weighted by atomic mass is 9.43. The number of carbonyl (C=O) groups is 2. The Kier molecular flexibility index (Phi) is 7.90. The third-order valence-electron chi connectivity index (χ3n) is 11.1. The number of carboxylic acids is 1. The SMILES string of the molecule is C[C@H](CCC(=O)O)[C@H]1CCC2C3C(C[C@H](O)[C@@]21C)[C@@]1(C)CC[C@@H](O)C[C@H]1C[C@H]3O.O=C1CCCO1. The van der Waals surface area contributed by atoms with Crippen molar-refractivity contribution in [1.29, 1.82) is 0 Å². The number of carbonyl (C=O) groups excluding carboxylic acids is 1. The first-order valence-corrected chi connectivity index (χ1v) is 13.9. The van der Waals surface area contributed by atoms with Gasteiger partial charge in [0.1, 0.15) is 0 Å². The molecule has 0 amide bonds. The number of cyclic esters (lactones) is 1. The Morgan fingerprint density at radius 1 is 1.09 bits per heavy atom. The summed E-state index contributed by atoms with van der Waals surface area (Å²) in [7, 11) is 0. The van der Waals surface area contributed by atoms with E-state index in [1.807, 2.05) is 0 Å². The second-order valence-corrected chi connectivity index (χ2v) is 12.8. The van der Waals surface area contributed by atoms with E-state index < -0.39 is 12.1 Å². The first-order valence-electron chi connectivity index (χ1n) is 13.9. The van der Waals surface area contributed by atoms with Gasteiger partial charge in [0.25, 0.3) is 0 Å². The van der Waals surface area contributed by atoms with Gasteiger partial charge >= 0.3 is 11.9 Å². The molecule has 200 valence electrons. The van der Waals surface area contributed by atoms with Crippen LogP contribution in [0.4, 0.5) is 0 Å². The summed E-state index contributed by atoms with van der Waals surface area (Å²) >= 11 is 0. The lowest BCUT2D eigenvalue weighted by molar-refractivity contribution is -0.207. The van der Waals surface area contributed by atoms with E-state index in [-0.39, 0.29) is 47.3 Å². The van der Waals surface area contributed by atoms with Crippen LogP contribution in [-0.4, -0.2) is 57.3 Å². The van der Waals surface area contributed by atoms with Crippen LogP contribution in [0.5, 0.6) is 0 Å². The van der Waals surface area contributed by atoms with Crippen molar-refractivity contribution in [2.75, 3.05) is 6.61 Å². The Hall–Kier alpha value is -1.18. The molecule has 5 aliphatic rings. The maximum atomic E-state index is 11.5. The van der Waals surface area contributed by atoms with Crippen LogP contribution in [0, 0.1) is 46.3 Å².